The van der Waals surface area contributed by atoms with Crippen molar-refractivity contribution in [1.29, 1.82) is 0 Å². The lowest BCUT2D eigenvalue weighted by Crippen LogP contribution is -2.32. The molecule has 1 saturated carbocycles. The Morgan fingerprint density at radius 3 is 2.86 bits per heavy atom. The van der Waals surface area contributed by atoms with Crippen molar-refractivity contribution in [3.8, 4) is 0 Å². The molecule has 4 heteroatoms. The summed E-state index contributed by atoms with van der Waals surface area (Å²) in [6, 6.07) is 9.77. The zero-order valence-corrected chi connectivity index (χ0v) is 12.1. The maximum absolute atomic E-state index is 12.7. The maximum Gasteiger partial charge on any atom is 0.231 e. The van der Waals surface area contributed by atoms with Gasteiger partial charge in [0, 0.05) is 31.4 Å². The molecule has 1 aromatic carbocycles. The molecule has 0 bridgehead atoms. The first-order valence-corrected chi connectivity index (χ1v) is 7.16. The first-order valence-electron chi connectivity index (χ1n) is 7.16. The quantitative estimate of drug-likeness (QED) is 0.790. The van der Waals surface area contributed by atoms with Crippen LogP contribution in [0.5, 0.6) is 0 Å². The molecule has 0 N–H and O–H groups in total. The van der Waals surface area contributed by atoms with E-state index in [-0.39, 0.29) is 11.8 Å². The van der Waals surface area contributed by atoms with Crippen molar-refractivity contribution >= 4 is 11.6 Å². The fourth-order valence-electron chi connectivity index (χ4n) is 2.73. The second-order valence-electron chi connectivity index (χ2n) is 5.47. The summed E-state index contributed by atoms with van der Waals surface area (Å²) in [4.78, 5) is 14.6. The summed E-state index contributed by atoms with van der Waals surface area (Å²) in [5, 5.41) is 4.19. The lowest BCUT2D eigenvalue weighted by Gasteiger charge is -2.21. The van der Waals surface area contributed by atoms with Crippen molar-refractivity contribution in [2.45, 2.75) is 12.3 Å². The summed E-state index contributed by atoms with van der Waals surface area (Å²) in [5.41, 5.74) is 2.08. The van der Waals surface area contributed by atoms with Crippen molar-refractivity contribution in [3.63, 3.8) is 0 Å². The minimum atomic E-state index is 0.0642. The monoisotopic (exact) mass is 281 g/mol. The summed E-state index contributed by atoms with van der Waals surface area (Å²) < 4.78 is 1.79. The number of benzene rings is 1. The number of aromatic nitrogens is 2. The van der Waals surface area contributed by atoms with Crippen LogP contribution in [0.2, 0.25) is 0 Å². The number of carbonyl (C=O) groups is 1. The molecule has 108 valence electrons. The summed E-state index contributed by atoms with van der Waals surface area (Å²) in [6.07, 6.45) is 6.54. The minimum Gasteiger partial charge on any atom is -0.308 e. The molecule has 1 aromatic heterocycles. The predicted molar refractivity (Wildman–Crippen MR) is 83.0 cm³/mol. The standard InChI is InChI=1S/C17H19N3O/c1-3-9-20(14-7-5-4-6-8-14)17(21)16-10-15(16)13-11-18-19(2)12-13/h3-8,11-12,15-16H,1,9-10H2,2H3. The Morgan fingerprint density at radius 1 is 1.48 bits per heavy atom. The summed E-state index contributed by atoms with van der Waals surface area (Å²) in [5.74, 6) is 0.548. The summed E-state index contributed by atoms with van der Waals surface area (Å²) in [6.45, 7) is 4.30. The highest BCUT2D eigenvalue weighted by atomic mass is 16.2. The Hall–Kier alpha value is -2.36. The normalized spacial score (nSPS) is 20.0. The van der Waals surface area contributed by atoms with Crippen LogP contribution in [-0.4, -0.2) is 22.2 Å². The minimum absolute atomic E-state index is 0.0642. The van der Waals surface area contributed by atoms with Crippen molar-refractivity contribution in [2.75, 3.05) is 11.4 Å². The number of carbonyl (C=O) groups excluding carboxylic acids is 1. The SMILES string of the molecule is C=CCN(C(=O)C1CC1c1cnn(C)c1)c1ccccc1. The van der Waals surface area contributed by atoms with E-state index in [0.717, 1.165) is 17.7 Å². The van der Waals surface area contributed by atoms with Crippen molar-refractivity contribution in [1.82, 2.24) is 9.78 Å². The van der Waals surface area contributed by atoms with E-state index in [2.05, 4.69) is 11.7 Å². The molecule has 0 saturated heterocycles. The van der Waals surface area contributed by atoms with Gasteiger partial charge in [0.15, 0.2) is 0 Å². The number of para-hydroxylation sites is 1. The molecular formula is C17H19N3O. The lowest BCUT2D eigenvalue weighted by atomic mass is 10.1. The van der Waals surface area contributed by atoms with E-state index in [0.29, 0.717) is 12.5 Å². The number of rotatable bonds is 5. The number of aryl methyl sites for hydroxylation is 1. The van der Waals surface area contributed by atoms with Crippen LogP contribution in [0.1, 0.15) is 17.9 Å². The Kier molecular flexibility index (Phi) is 3.60. The Balaban J connectivity index is 1.76. The fraction of sp³-hybridized carbons (Fsp3) is 0.294. The van der Waals surface area contributed by atoms with E-state index in [4.69, 9.17) is 0 Å². The first-order chi connectivity index (χ1) is 10.2. The second-order valence-corrected chi connectivity index (χ2v) is 5.47. The van der Waals surface area contributed by atoms with Crippen LogP contribution in [-0.2, 0) is 11.8 Å². The number of hydrogen-bond acceptors (Lipinski definition) is 2. The Labute approximate surface area is 124 Å². The third kappa shape index (κ3) is 2.75. The van der Waals surface area contributed by atoms with E-state index in [9.17, 15) is 4.79 Å². The highest BCUT2D eigenvalue weighted by molar-refractivity contribution is 5.97. The van der Waals surface area contributed by atoms with Gasteiger partial charge in [-0.25, -0.2) is 0 Å². The van der Waals surface area contributed by atoms with E-state index in [1.165, 1.54) is 0 Å². The van der Waals surface area contributed by atoms with Crippen LogP contribution in [0.25, 0.3) is 0 Å². The van der Waals surface area contributed by atoms with E-state index in [1.54, 1.807) is 10.8 Å². The van der Waals surface area contributed by atoms with Crippen molar-refractivity contribution in [3.05, 3.63) is 60.9 Å². The fourth-order valence-corrected chi connectivity index (χ4v) is 2.73. The van der Waals surface area contributed by atoms with E-state index < -0.39 is 0 Å². The zero-order valence-electron chi connectivity index (χ0n) is 12.1. The zero-order chi connectivity index (χ0) is 14.8. The predicted octanol–water partition coefficient (Wildman–Crippen LogP) is 2.74. The molecule has 3 rings (SSSR count). The molecule has 1 aliphatic carbocycles. The number of hydrogen-bond donors (Lipinski definition) is 0. The van der Waals surface area contributed by atoms with Gasteiger partial charge in [-0.2, -0.15) is 5.10 Å². The highest BCUT2D eigenvalue weighted by Crippen LogP contribution is 2.48. The van der Waals surface area contributed by atoms with Gasteiger partial charge in [0.2, 0.25) is 5.91 Å². The average Bonchev–Trinajstić information content (AvgIpc) is 3.20. The topological polar surface area (TPSA) is 38.1 Å². The van der Waals surface area contributed by atoms with Gasteiger partial charge in [-0.05, 0) is 30.0 Å². The molecule has 4 nitrogen and oxygen atoms in total. The molecule has 0 radical (unpaired) electrons. The summed E-state index contributed by atoms with van der Waals surface area (Å²) in [7, 11) is 1.90. The van der Waals surface area contributed by atoms with Crippen LogP contribution in [0.3, 0.4) is 0 Å². The van der Waals surface area contributed by atoms with E-state index >= 15 is 0 Å². The lowest BCUT2D eigenvalue weighted by molar-refractivity contribution is -0.119. The van der Waals surface area contributed by atoms with Crippen molar-refractivity contribution < 1.29 is 4.79 Å². The molecule has 2 unspecified atom stereocenters. The third-order valence-corrected chi connectivity index (χ3v) is 3.91. The second kappa shape index (κ2) is 5.56. The molecule has 1 fully saturated rings. The Morgan fingerprint density at radius 2 is 2.24 bits per heavy atom. The molecule has 2 atom stereocenters. The molecule has 1 aliphatic rings. The highest BCUT2D eigenvalue weighted by Gasteiger charge is 2.46. The largest absolute Gasteiger partial charge is 0.308 e. The van der Waals surface area contributed by atoms with E-state index in [1.807, 2.05) is 54.7 Å². The van der Waals surface area contributed by atoms with Crippen LogP contribution in [0.15, 0.2) is 55.4 Å². The van der Waals surface area contributed by atoms with Crippen LogP contribution >= 0.6 is 0 Å². The molecule has 1 heterocycles. The van der Waals surface area contributed by atoms with Gasteiger partial charge in [-0.15, -0.1) is 6.58 Å². The van der Waals surface area contributed by atoms with Gasteiger partial charge < -0.3 is 4.90 Å². The Bertz CT molecular complexity index is 647. The van der Waals surface area contributed by atoms with Gasteiger partial charge in [0.1, 0.15) is 0 Å². The summed E-state index contributed by atoms with van der Waals surface area (Å²) >= 11 is 0. The number of anilines is 1. The molecule has 1 amide bonds. The first kappa shape index (κ1) is 13.6. The maximum atomic E-state index is 12.7. The van der Waals surface area contributed by atoms with Gasteiger partial charge in [-0.1, -0.05) is 24.3 Å². The van der Waals surface area contributed by atoms with Gasteiger partial charge in [0.05, 0.1) is 6.20 Å². The third-order valence-electron chi connectivity index (χ3n) is 3.91. The number of amides is 1. The van der Waals surface area contributed by atoms with Crippen molar-refractivity contribution in [2.24, 2.45) is 13.0 Å². The van der Waals surface area contributed by atoms with Crippen LogP contribution < -0.4 is 4.90 Å². The number of nitrogens with zero attached hydrogens (tertiary/aromatic N) is 3. The van der Waals surface area contributed by atoms with Gasteiger partial charge in [-0.3, -0.25) is 9.48 Å². The van der Waals surface area contributed by atoms with Gasteiger partial charge in [0.25, 0.3) is 0 Å². The van der Waals surface area contributed by atoms with Gasteiger partial charge >= 0.3 is 0 Å². The van der Waals surface area contributed by atoms with Crippen LogP contribution in [0, 0.1) is 5.92 Å². The molecule has 0 spiro atoms. The molecule has 21 heavy (non-hydrogen) atoms. The van der Waals surface area contributed by atoms with Crippen LogP contribution in [0.4, 0.5) is 5.69 Å². The molecular weight excluding hydrogens is 262 g/mol. The molecule has 2 aromatic rings. The average molecular weight is 281 g/mol. The smallest absolute Gasteiger partial charge is 0.231 e. The molecule has 0 aliphatic heterocycles.